The van der Waals surface area contributed by atoms with E-state index in [0.717, 1.165) is 0 Å². The molecule has 0 unspecified atom stereocenters. The van der Waals surface area contributed by atoms with E-state index in [4.69, 9.17) is 15.2 Å². The summed E-state index contributed by atoms with van der Waals surface area (Å²) >= 11 is 0. The van der Waals surface area contributed by atoms with E-state index in [1.165, 1.54) is 6.08 Å². The minimum absolute atomic E-state index is 0.200. The van der Waals surface area contributed by atoms with Crippen molar-refractivity contribution in [3.05, 3.63) is 35.8 Å². The van der Waals surface area contributed by atoms with Gasteiger partial charge in [0.15, 0.2) is 5.76 Å². The van der Waals surface area contributed by atoms with Gasteiger partial charge in [0.05, 0.1) is 0 Å². The number of hydrogen-bond acceptors (Lipinski definition) is 3. The largest absolute Gasteiger partial charge is 0.458 e. The molecule has 0 fully saturated rings. The van der Waals surface area contributed by atoms with E-state index in [0.29, 0.717) is 17.1 Å². The Bertz CT molecular complexity index is 407. The first-order valence-corrected chi connectivity index (χ1v) is 4.25. The molecule has 1 amide bonds. The summed E-state index contributed by atoms with van der Waals surface area (Å²) in [6, 6.07) is 0. The number of nitrogens with two attached hydrogens (primary N) is 1. The van der Waals surface area contributed by atoms with E-state index in [9.17, 15) is 4.79 Å². The zero-order chi connectivity index (χ0) is 11.3. The number of ether oxygens (including phenoxy) is 2. The second kappa shape index (κ2) is 4.91. The van der Waals surface area contributed by atoms with Gasteiger partial charge in [-0.3, -0.25) is 4.79 Å². The maximum atomic E-state index is 10.4. The van der Waals surface area contributed by atoms with Crippen LogP contribution in [0.15, 0.2) is 35.8 Å². The molecule has 78 valence electrons. The minimum Gasteiger partial charge on any atom is -0.458 e. The Morgan fingerprint density at radius 1 is 1.53 bits per heavy atom. The fourth-order valence-electron chi connectivity index (χ4n) is 0.918. The normalized spacial score (nSPS) is 14.9. The van der Waals surface area contributed by atoms with Crippen LogP contribution in [0.25, 0.3) is 0 Å². The van der Waals surface area contributed by atoms with E-state index in [-0.39, 0.29) is 6.79 Å². The van der Waals surface area contributed by atoms with Crippen molar-refractivity contribution in [3.8, 4) is 11.8 Å². The molecule has 0 bridgehead atoms. The fraction of sp³-hybridized carbons (Fsp3) is 0.182. The highest BCUT2D eigenvalue weighted by molar-refractivity contribution is 5.92. The Hall–Kier alpha value is -2.15. The predicted octanol–water partition coefficient (Wildman–Crippen LogP) is 0.823. The maximum absolute atomic E-state index is 10.4. The molecule has 0 saturated heterocycles. The van der Waals surface area contributed by atoms with E-state index in [1.54, 1.807) is 13.0 Å². The Morgan fingerprint density at radius 3 is 2.73 bits per heavy atom. The lowest BCUT2D eigenvalue weighted by atomic mass is 10.2. The van der Waals surface area contributed by atoms with Crippen LogP contribution < -0.4 is 5.73 Å². The van der Waals surface area contributed by atoms with Crippen molar-refractivity contribution in [1.29, 1.82) is 0 Å². The van der Waals surface area contributed by atoms with Crippen molar-refractivity contribution in [3.63, 3.8) is 0 Å². The summed E-state index contributed by atoms with van der Waals surface area (Å²) in [6.45, 7) is 5.54. The van der Waals surface area contributed by atoms with Crippen molar-refractivity contribution in [2.24, 2.45) is 5.73 Å². The van der Waals surface area contributed by atoms with Gasteiger partial charge in [0, 0.05) is 5.57 Å². The van der Waals surface area contributed by atoms with Gasteiger partial charge in [0.1, 0.15) is 5.76 Å². The number of primary amides is 1. The summed E-state index contributed by atoms with van der Waals surface area (Å²) in [5.41, 5.74) is 5.44. The molecule has 0 aromatic carbocycles. The lowest BCUT2D eigenvalue weighted by Crippen LogP contribution is -2.06. The zero-order valence-electron chi connectivity index (χ0n) is 8.37. The summed E-state index contributed by atoms with van der Waals surface area (Å²) in [7, 11) is 0. The topological polar surface area (TPSA) is 61.6 Å². The van der Waals surface area contributed by atoms with E-state index >= 15 is 0 Å². The molecule has 0 radical (unpaired) electrons. The van der Waals surface area contributed by atoms with Crippen molar-refractivity contribution >= 4 is 5.91 Å². The molecule has 0 aromatic heterocycles. The number of allylic oxidation sites excluding steroid dienone is 4. The smallest absolute Gasteiger partial charge is 0.293 e. The minimum atomic E-state index is -0.683. The molecule has 0 aromatic rings. The van der Waals surface area contributed by atoms with Gasteiger partial charge < -0.3 is 15.2 Å². The molecule has 2 N–H and O–H groups in total. The molecule has 1 heterocycles. The highest BCUT2D eigenvalue weighted by atomic mass is 16.7. The third-order valence-electron chi connectivity index (χ3n) is 1.67. The average Bonchev–Trinajstić information content (AvgIpc) is 2.58. The quantitative estimate of drug-likeness (QED) is 0.536. The summed E-state index contributed by atoms with van der Waals surface area (Å²) < 4.78 is 10.2. The monoisotopic (exact) mass is 205 g/mol. The van der Waals surface area contributed by atoms with Gasteiger partial charge in [0.25, 0.3) is 5.91 Å². The highest BCUT2D eigenvalue weighted by Crippen LogP contribution is 2.18. The summed E-state index contributed by atoms with van der Waals surface area (Å²) in [6.07, 6.45) is 3.16. The second-order valence-corrected chi connectivity index (χ2v) is 2.75. The SMILES string of the molecule is C=C/C(C#CC(N)=O)=C\C1=C(C)OCO1. The molecule has 15 heavy (non-hydrogen) atoms. The van der Waals surface area contributed by atoms with Crippen molar-refractivity contribution in [2.75, 3.05) is 6.79 Å². The second-order valence-electron chi connectivity index (χ2n) is 2.75. The Balaban J connectivity index is 2.89. The number of rotatable bonds is 2. The van der Waals surface area contributed by atoms with Gasteiger partial charge in [-0.1, -0.05) is 18.6 Å². The van der Waals surface area contributed by atoms with Crippen LogP contribution in [0.1, 0.15) is 6.92 Å². The number of amides is 1. The van der Waals surface area contributed by atoms with Gasteiger partial charge >= 0.3 is 0 Å². The molecule has 0 saturated carbocycles. The summed E-state index contributed by atoms with van der Waals surface area (Å²) in [5.74, 6) is 5.36. The Labute approximate surface area is 88.0 Å². The molecule has 1 aliphatic heterocycles. The molecule has 0 atom stereocenters. The van der Waals surface area contributed by atoms with Crippen molar-refractivity contribution in [2.45, 2.75) is 6.92 Å². The molecule has 4 nitrogen and oxygen atoms in total. The average molecular weight is 205 g/mol. The van der Waals surface area contributed by atoms with Crippen LogP contribution in [0.3, 0.4) is 0 Å². The lowest BCUT2D eigenvalue weighted by Gasteiger charge is -1.94. The first kappa shape index (κ1) is 10.9. The van der Waals surface area contributed by atoms with Crippen LogP contribution in [0.5, 0.6) is 0 Å². The van der Waals surface area contributed by atoms with Gasteiger partial charge in [-0.15, -0.1) is 0 Å². The van der Waals surface area contributed by atoms with E-state index in [1.807, 2.05) is 0 Å². The third-order valence-corrected chi connectivity index (χ3v) is 1.67. The first-order chi connectivity index (χ1) is 7.13. The highest BCUT2D eigenvalue weighted by Gasteiger charge is 2.10. The maximum Gasteiger partial charge on any atom is 0.293 e. The zero-order valence-corrected chi connectivity index (χ0v) is 8.37. The van der Waals surface area contributed by atoms with Gasteiger partial charge in [-0.25, -0.2) is 0 Å². The third kappa shape index (κ3) is 3.24. The van der Waals surface area contributed by atoms with Crippen LogP contribution in [0.4, 0.5) is 0 Å². The van der Waals surface area contributed by atoms with E-state index in [2.05, 4.69) is 18.4 Å². The van der Waals surface area contributed by atoms with Crippen molar-refractivity contribution < 1.29 is 14.3 Å². The van der Waals surface area contributed by atoms with Crippen molar-refractivity contribution in [1.82, 2.24) is 0 Å². The molecule has 4 heteroatoms. The summed E-state index contributed by atoms with van der Waals surface area (Å²) in [4.78, 5) is 10.4. The van der Waals surface area contributed by atoms with Crippen LogP contribution in [-0.4, -0.2) is 12.7 Å². The van der Waals surface area contributed by atoms with Gasteiger partial charge in [0.2, 0.25) is 6.79 Å². The molecule has 0 aliphatic carbocycles. The molecule has 1 rings (SSSR count). The Morgan fingerprint density at radius 2 is 2.27 bits per heavy atom. The first-order valence-electron chi connectivity index (χ1n) is 4.25. The van der Waals surface area contributed by atoms with Crippen LogP contribution in [-0.2, 0) is 14.3 Å². The van der Waals surface area contributed by atoms with Crippen LogP contribution in [0, 0.1) is 11.8 Å². The molecule has 0 spiro atoms. The van der Waals surface area contributed by atoms with Gasteiger partial charge in [-0.2, -0.15) is 0 Å². The molecular weight excluding hydrogens is 194 g/mol. The number of carbonyl (C=O) groups excluding carboxylic acids is 1. The molecular formula is C11H11NO3. The molecule has 1 aliphatic rings. The van der Waals surface area contributed by atoms with E-state index < -0.39 is 5.91 Å². The van der Waals surface area contributed by atoms with Gasteiger partial charge in [-0.05, 0) is 18.9 Å². The predicted molar refractivity (Wildman–Crippen MR) is 55.0 cm³/mol. The summed E-state index contributed by atoms with van der Waals surface area (Å²) in [5, 5.41) is 0. The fourth-order valence-corrected chi connectivity index (χ4v) is 0.918. The standard InChI is InChI=1S/C11H11NO3/c1-3-9(4-5-11(12)13)6-10-8(2)14-7-15-10/h3,6H,1,7H2,2H3,(H2,12,13)/b9-6+. The number of hydrogen-bond donors (Lipinski definition) is 1. The Kier molecular flexibility index (Phi) is 3.58. The van der Waals surface area contributed by atoms with Crippen LogP contribution >= 0.6 is 0 Å². The van der Waals surface area contributed by atoms with Crippen LogP contribution in [0.2, 0.25) is 0 Å². The lowest BCUT2D eigenvalue weighted by molar-refractivity contribution is -0.112. The number of carbonyl (C=O) groups is 1.